The van der Waals surface area contributed by atoms with E-state index in [9.17, 15) is 9.18 Å². The van der Waals surface area contributed by atoms with Crippen LogP contribution in [-0.4, -0.2) is 35.0 Å². The van der Waals surface area contributed by atoms with E-state index in [-0.39, 0.29) is 22.9 Å². The van der Waals surface area contributed by atoms with Crippen molar-refractivity contribution in [2.45, 2.75) is 0 Å². The largest absolute Gasteiger partial charge is 0.463 e. The van der Waals surface area contributed by atoms with Crippen LogP contribution in [0.15, 0.2) is 57.7 Å². The summed E-state index contributed by atoms with van der Waals surface area (Å²) in [5.41, 5.74) is 1.37. The molecule has 0 bridgehead atoms. The number of aromatic nitrogens is 2. The Morgan fingerprint density at radius 2 is 1.96 bits per heavy atom. The Bertz CT molecular complexity index is 1100. The highest BCUT2D eigenvalue weighted by molar-refractivity contribution is 6.10. The van der Waals surface area contributed by atoms with E-state index in [0.717, 1.165) is 0 Å². The Morgan fingerprint density at radius 3 is 2.65 bits per heavy atom. The highest BCUT2D eigenvalue weighted by Gasteiger charge is 2.24. The van der Waals surface area contributed by atoms with Crippen LogP contribution in [0.1, 0.15) is 10.4 Å². The highest BCUT2D eigenvalue weighted by Crippen LogP contribution is 2.34. The molecular formula is C19H14FN3O3. The minimum atomic E-state index is -0.457. The summed E-state index contributed by atoms with van der Waals surface area (Å²) < 4.78 is 25.0. The molecule has 0 saturated carbocycles. The molecule has 0 fully saturated rings. The van der Waals surface area contributed by atoms with Crippen LogP contribution < -0.4 is 0 Å². The molecule has 1 aromatic carbocycles. The van der Waals surface area contributed by atoms with Gasteiger partial charge in [-0.2, -0.15) is 0 Å². The molecule has 4 rings (SSSR count). The number of benzene rings is 1. The molecule has 0 aliphatic carbocycles. The molecule has 6 nitrogen and oxygen atoms in total. The van der Waals surface area contributed by atoms with Crippen LogP contribution in [0.3, 0.4) is 0 Å². The van der Waals surface area contributed by atoms with Gasteiger partial charge in [0.15, 0.2) is 5.76 Å². The highest BCUT2D eigenvalue weighted by atomic mass is 19.1. The zero-order chi connectivity index (χ0) is 18.3. The first-order valence-corrected chi connectivity index (χ1v) is 7.87. The lowest BCUT2D eigenvalue weighted by Gasteiger charge is -2.12. The van der Waals surface area contributed by atoms with E-state index in [1.54, 1.807) is 50.5 Å². The van der Waals surface area contributed by atoms with Crippen LogP contribution in [0.25, 0.3) is 33.8 Å². The number of pyridine rings is 1. The maximum absolute atomic E-state index is 14.3. The SMILES string of the molecule is CN(C)C(=O)c1cc(-c2ccco2)nc2onc(-c3ccccc3F)c12. The summed E-state index contributed by atoms with van der Waals surface area (Å²) in [7, 11) is 3.27. The standard InChI is InChI=1S/C19H14FN3O3/c1-23(2)19(24)12-10-14(15-8-5-9-25-15)21-18-16(12)17(22-26-18)11-6-3-4-7-13(11)20/h3-10H,1-2H3. The van der Waals surface area contributed by atoms with Crippen LogP contribution in [0, 0.1) is 5.82 Å². The normalized spacial score (nSPS) is 11.0. The Labute approximate surface area is 147 Å². The number of furan rings is 1. The van der Waals surface area contributed by atoms with Gasteiger partial charge in [0.05, 0.1) is 17.2 Å². The summed E-state index contributed by atoms with van der Waals surface area (Å²) in [6.45, 7) is 0. The van der Waals surface area contributed by atoms with Gasteiger partial charge >= 0.3 is 0 Å². The molecular weight excluding hydrogens is 337 g/mol. The fraction of sp³-hybridized carbons (Fsp3) is 0.105. The fourth-order valence-corrected chi connectivity index (χ4v) is 2.75. The number of amides is 1. The van der Waals surface area contributed by atoms with Gasteiger partial charge in [-0.3, -0.25) is 4.79 Å². The Morgan fingerprint density at radius 1 is 1.15 bits per heavy atom. The summed E-state index contributed by atoms with van der Waals surface area (Å²) >= 11 is 0. The van der Waals surface area contributed by atoms with E-state index < -0.39 is 5.82 Å². The average molecular weight is 351 g/mol. The first kappa shape index (κ1) is 16.0. The van der Waals surface area contributed by atoms with Crippen molar-refractivity contribution in [3.63, 3.8) is 0 Å². The fourth-order valence-electron chi connectivity index (χ4n) is 2.75. The number of halogens is 1. The number of hydrogen-bond donors (Lipinski definition) is 0. The summed E-state index contributed by atoms with van der Waals surface area (Å²) in [6.07, 6.45) is 1.51. The van der Waals surface area contributed by atoms with Crippen LogP contribution in [-0.2, 0) is 0 Å². The van der Waals surface area contributed by atoms with Crippen molar-refractivity contribution >= 4 is 17.0 Å². The third-order valence-corrected chi connectivity index (χ3v) is 3.99. The molecule has 0 radical (unpaired) electrons. The van der Waals surface area contributed by atoms with Crippen LogP contribution in [0.5, 0.6) is 0 Å². The number of nitrogens with zero attached hydrogens (tertiary/aromatic N) is 3. The summed E-state index contributed by atoms with van der Waals surface area (Å²) in [4.78, 5) is 18.6. The topological polar surface area (TPSA) is 72.4 Å². The number of rotatable bonds is 3. The van der Waals surface area contributed by atoms with E-state index >= 15 is 0 Å². The molecule has 1 amide bonds. The van der Waals surface area contributed by atoms with Crippen molar-refractivity contribution in [1.82, 2.24) is 15.0 Å². The van der Waals surface area contributed by atoms with E-state index in [1.807, 2.05) is 0 Å². The average Bonchev–Trinajstić information content (AvgIpc) is 3.30. The van der Waals surface area contributed by atoms with Gasteiger partial charge in [0.2, 0.25) is 0 Å². The van der Waals surface area contributed by atoms with E-state index in [0.29, 0.717) is 22.4 Å². The van der Waals surface area contributed by atoms with Gasteiger partial charge in [-0.05, 0) is 30.3 Å². The van der Waals surface area contributed by atoms with Gasteiger partial charge in [-0.1, -0.05) is 17.3 Å². The second-order valence-electron chi connectivity index (χ2n) is 5.92. The lowest BCUT2D eigenvalue weighted by Crippen LogP contribution is -2.22. The Kier molecular flexibility index (Phi) is 3.76. The number of fused-ring (bicyclic) bond motifs is 1. The van der Waals surface area contributed by atoms with Crippen LogP contribution >= 0.6 is 0 Å². The van der Waals surface area contributed by atoms with Crippen molar-refractivity contribution in [2.24, 2.45) is 0 Å². The lowest BCUT2D eigenvalue weighted by atomic mass is 10.0. The second kappa shape index (κ2) is 6.11. The minimum Gasteiger partial charge on any atom is -0.463 e. The summed E-state index contributed by atoms with van der Waals surface area (Å²) in [5.74, 6) is -0.240. The van der Waals surface area contributed by atoms with Crippen molar-refractivity contribution in [1.29, 1.82) is 0 Å². The van der Waals surface area contributed by atoms with Gasteiger partial charge in [-0.25, -0.2) is 9.37 Å². The zero-order valence-electron chi connectivity index (χ0n) is 14.1. The summed E-state index contributed by atoms with van der Waals surface area (Å²) in [5, 5.41) is 4.34. The molecule has 4 aromatic rings. The number of hydrogen-bond acceptors (Lipinski definition) is 5. The molecule has 7 heteroatoms. The van der Waals surface area contributed by atoms with Gasteiger partial charge in [0.1, 0.15) is 17.2 Å². The van der Waals surface area contributed by atoms with Gasteiger partial charge in [0, 0.05) is 19.7 Å². The molecule has 0 atom stereocenters. The van der Waals surface area contributed by atoms with Crippen molar-refractivity contribution in [2.75, 3.05) is 14.1 Å². The third-order valence-electron chi connectivity index (χ3n) is 3.99. The molecule has 0 aliphatic rings. The molecule has 0 aliphatic heterocycles. The predicted octanol–water partition coefficient (Wildman–Crippen LogP) is 3.99. The molecule has 0 spiro atoms. The molecule has 3 heterocycles. The van der Waals surface area contributed by atoms with E-state index in [1.165, 1.54) is 17.2 Å². The first-order chi connectivity index (χ1) is 12.6. The third kappa shape index (κ3) is 2.54. The predicted molar refractivity (Wildman–Crippen MR) is 92.9 cm³/mol. The quantitative estimate of drug-likeness (QED) is 0.558. The maximum atomic E-state index is 14.3. The second-order valence-corrected chi connectivity index (χ2v) is 5.92. The van der Waals surface area contributed by atoms with E-state index in [2.05, 4.69) is 10.1 Å². The molecule has 26 heavy (non-hydrogen) atoms. The van der Waals surface area contributed by atoms with Crippen LogP contribution in [0.2, 0.25) is 0 Å². The maximum Gasteiger partial charge on any atom is 0.259 e. The van der Waals surface area contributed by atoms with Crippen molar-refractivity contribution in [3.05, 3.63) is 60.1 Å². The lowest BCUT2D eigenvalue weighted by molar-refractivity contribution is 0.0829. The smallest absolute Gasteiger partial charge is 0.259 e. The molecule has 3 aromatic heterocycles. The number of carbonyl (C=O) groups excluding carboxylic acids is 1. The molecule has 0 saturated heterocycles. The number of carbonyl (C=O) groups is 1. The Hall–Kier alpha value is -3.48. The van der Waals surface area contributed by atoms with Gasteiger partial charge in [-0.15, -0.1) is 0 Å². The van der Waals surface area contributed by atoms with Crippen molar-refractivity contribution in [3.8, 4) is 22.7 Å². The van der Waals surface area contributed by atoms with Crippen molar-refractivity contribution < 1.29 is 18.1 Å². The minimum absolute atomic E-state index is 0.141. The zero-order valence-corrected chi connectivity index (χ0v) is 14.1. The monoisotopic (exact) mass is 351 g/mol. The molecule has 130 valence electrons. The summed E-state index contributed by atoms with van der Waals surface area (Å²) in [6, 6.07) is 11.2. The Balaban J connectivity index is 2.03. The van der Waals surface area contributed by atoms with Crippen LogP contribution in [0.4, 0.5) is 4.39 Å². The molecule has 0 N–H and O–H groups in total. The molecule has 0 unspecified atom stereocenters. The first-order valence-electron chi connectivity index (χ1n) is 7.87. The van der Waals surface area contributed by atoms with Gasteiger partial charge in [0.25, 0.3) is 11.6 Å². The van der Waals surface area contributed by atoms with E-state index in [4.69, 9.17) is 8.94 Å². The van der Waals surface area contributed by atoms with Gasteiger partial charge < -0.3 is 13.8 Å².